The van der Waals surface area contributed by atoms with Gasteiger partial charge >= 0.3 is 0 Å². The van der Waals surface area contributed by atoms with Crippen molar-refractivity contribution in [3.63, 3.8) is 0 Å². The number of carbonyl (C=O) groups is 1. The summed E-state index contributed by atoms with van der Waals surface area (Å²) in [6, 6.07) is 3.91. The maximum Gasteiger partial charge on any atom is 0.254 e. The first-order chi connectivity index (χ1) is 10.2. The Balaban J connectivity index is 1.62. The van der Waals surface area contributed by atoms with Crippen LogP contribution in [0.3, 0.4) is 0 Å². The zero-order chi connectivity index (χ0) is 14.7. The number of rotatable bonds is 3. The second-order valence-electron chi connectivity index (χ2n) is 5.23. The fraction of sp³-hybridized carbons (Fsp3) is 0.400. The summed E-state index contributed by atoms with van der Waals surface area (Å²) in [6.45, 7) is 1.22. The Morgan fingerprint density at radius 2 is 2.14 bits per heavy atom. The van der Waals surface area contributed by atoms with Crippen LogP contribution in [0.5, 0.6) is 0 Å². The van der Waals surface area contributed by atoms with Gasteiger partial charge in [-0.3, -0.25) is 9.59 Å². The topological polar surface area (TPSA) is 81.8 Å². The molecule has 3 heterocycles. The van der Waals surface area contributed by atoms with Crippen LogP contribution in [-0.2, 0) is 24.1 Å². The third-order valence-corrected chi connectivity index (χ3v) is 3.91. The van der Waals surface area contributed by atoms with E-state index in [1.807, 2.05) is 23.2 Å². The first kappa shape index (κ1) is 13.6. The van der Waals surface area contributed by atoms with E-state index < -0.39 is 0 Å². The third-order valence-electron chi connectivity index (χ3n) is 3.91. The van der Waals surface area contributed by atoms with E-state index >= 15 is 0 Å². The van der Waals surface area contributed by atoms with Gasteiger partial charge in [-0.2, -0.15) is 0 Å². The van der Waals surface area contributed by atoms with E-state index in [4.69, 9.17) is 0 Å². The molecule has 110 valence electrons. The number of aromatic amines is 2. The lowest BCUT2D eigenvalue weighted by atomic mass is 10.1. The quantitative estimate of drug-likeness (QED) is 0.869. The molecule has 2 aromatic heterocycles. The molecule has 2 aromatic rings. The fourth-order valence-corrected chi connectivity index (χ4v) is 2.71. The van der Waals surface area contributed by atoms with E-state index in [2.05, 4.69) is 15.0 Å². The average molecular weight is 286 g/mol. The van der Waals surface area contributed by atoms with E-state index in [0.29, 0.717) is 38.8 Å². The van der Waals surface area contributed by atoms with Gasteiger partial charge in [0.1, 0.15) is 0 Å². The maximum absolute atomic E-state index is 12.3. The van der Waals surface area contributed by atoms with Crippen molar-refractivity contribution < 1.29 is 4.79 Å². The molecule has 1 aliphatic rings. The summed E-state index contributed by atoms with van der Waals surface area (Å²) in [5.74, 6) is 0.133. The largest absolute Gasteiger partial charge is 0.365 e. The fourth-order valence-electron chi connectivity index (χ4n) is 2.71. The van der Waals surface area contributed by atoms with Crippen LogP contribution < -0.4 is 5.56 Å². The average Bonchev–Trinajstić information content (AvgIpc) is 2.90. The number of carbonyl (C=O) groups excluding carboxylic acids is 1. The monoisotopic (exact) mass is 286 g/mol. The van der Waals surface area contributed by atoms with Gasteiger partial charge in [0.25, 0.3) is 5.56 Å². The van der Waals surface area contributed by atoms with Crippen molar-refractivity contribution in [3.05, 3.63) is 52.0 Å². The van der Waals surface area contributed by atoms with E-state index in [1.54, 1.807) is 0 Å². The van der Waals surface area contributed by atoms with Gasteiger partial charge in [-0.1, -0.05) is 0 Å². The van der Waals surface area contributed by atoms with Crippen LogP contribution in [0.2, 0.25) is 0 Å². The summed E-state index contributed by atoms with van der Waals surface area (Å²) in [7, 11) is 0. The standard InChI is InChI=1S/C15H18N4O2/c20-14(4-3-11-2-1-7-16-11)19-8-5-12-13(6-9-19)17-10-18-15(12)21/h1-2,7,10,16H,3-6,8-9H2,(H,17,18,21). The molecule has 3 rings (SSSR count). The van der Waals surface area contributed by atoms with E-state index in [-0.39, 0.29) is 11.5 Å². The molecule has 0 aromatic carbocycles. The molecule has 0 fully saturated rings. The molecule has 0 aliphatic carbocycles. The summed E-state index contributed by atoms with van der Waals surface area (Å²) >= 11 is 0. The Morgan fingerprint density at radius 3 is 2.95 bits per heavy atom. The van der Waals surface area contributed by atoms with Crippen molar-refractivity contribution in [1.29, 1.82) is 0 Å². The molecule has 0 bridgehead atoms. The number of aryl methyl sites for hydroxylation is 1. The molecule has 0 spiro atoms. The molecule has 6 heteroatoms. The van der Waals surface area contributed by atoms with Crippen LogP contribution in [0, 0.1) is 0 Å². The van der Waals surface area contributed by atoms with Gasteiger partial charge in [-0.05, 0) is 25.0 Å². The molecular weight excluding hydrogens is 268 g/mol. The van der Waals surface area contributed by atoms with Crippen molar-refractivity contribution in [3.8, 4) is 0 Å². The second-order valence-corrected chi connectivity index (χ2v) is 5.23. The van der Waals surface area contributed by atoms with Gasteiger partial charge in [0.15, 0.2) is 0 Å². The van der Waals surface area contributed by atoms with Crippen LogP contribution in [0.4, 0.5) is 0 Å². The molecule has 1 aliphatic heterocycles. The van der Waals surface area contributed by atoms with E-state index in [0.717, 1.165) is 17.0 Å². The lowest BCUT2D eigenvalue weighted by molar-refractivity contribution is -0.131. The summed E-state index contributed by atoms with van der Waals surface area (Å²) < 4.78 is 0. The third kappa shape index (κ3) is 3.04. The van der Waals surface area contributed by atoms with Gasteiger partial charge in [0, 0.05) is 43.4 Å². The lowest BCUT2D eigenvalue weighted by Gasteiger charge is -2.19. The number of hydrogen-bond donors (Lipinski definition) is 2. The summed E-state index contributed by atoms with van der Waals surface area (Å²) in [6.07, 6.45) is 5.72. The first-order valence-electron chi connectivity index (χ1n) is 7.19. The van der Waals surface area contributed by atoms with Crippen molar-refractivity contribution >= 4 is 5.91 Å². The minimum Gasteiger partial charge on any atom is -0.365 e. The van der Waals surface area contributed by atoms with Crippen LogP contribution >= 0.6 is 0 Å². The van der Waals surface area contributed by atoms with Crippen LogP contribution in [-0.4, -0.2) is 38.8 Å². The van der Waals surface area contributed by atoms with Gasteiger partial charge in [0.2, 0.25) is 5.91 Å². The number of aromatic nitrogens is 3. The Labute approximate surface area is 122 Å². The van der Waals surface area contributed by atoms with Crippen LogP contribution in [0.15, 0.2) is 29.5 Å². The smallest absolute Gasteiger partial charge is 0.254 e. The minimum absolute atomic E-state index is 0.0827. The molecule has 6 nitrogen and oxygen atoms in total. The number of amides is 1. The highest BCUT2D eigenvalue weighted by atomic mass is 16.2. The molecule has 0 unspecified atom stereocenters. The van der Waals surface area contributed by atoms with Crippen molar-refractivity contribution in [2.24, 2.45) is 0 Å². The molecule has 2 N–H and O–H groups in total. The molecule has 0 radical (unpaired) electrons. The molecule has 0 saturated carbocycles. The highest BCUT2D eigenvalue weighted by Gasteiger charge is 2.20. The van der Waals surface area contributed by atoms with Gasteiger partial charge in [0.05, 0.1) is 12.0 Å². The van der Waals surface area contributed by atoms with E-state index in [9.17, 15) is 9.59 Å². The SMILES string of the molecule is O=C(CCc1ccc[nH]1)N1CCc2nc[nH]c(=O)c2CC1. The van der Waals surface area contributed by atoms with Gasteiger partial charge in [-0.15, -0.1) is 0 Å². The van der Waals surface area contributed by atoms with Gasteiger partial charge < -0.3 is 14.9 Å². The molecular formula is C15H18N4O2. The molecule has 1 amide bonds. The Kier molecular flexibility index (Phi) is 3.85. The van der Waals surface area contributed by atoms with E-state index in [1.165, 1.54) is 6.33 Å². The Hall–Kier alpha value is -2.37. The maximum atomic E-state index is 12.3. The Bertz CT molecular complexity index is 675. The highest BCUT2D eigenvalue weighted by molar-refractivity contribution is 5.76. The summed E-state index contributed by atoms with van der Waals surface area (Å²) in [4.78, 5) is 35.8. The number of H-pyrrole nitrogens is 2. The number of nitrogens with zero attached hydrogens (tertiary/aromatic N) is 2. The van der Waals surface area contributed by atoms with Gasteiger partial charge in [-0.25, -0.2) is 4.98 Å². The number of hydrogen-bond acceptors (Lipinski definition) is 3. The first-order valence-corrected chi connectivity index (χ1v) is 7.19. The molecule has 0 atom stereocenters. The predicted octanol–water partition coefficient (Wildman–Crippen LogP) is 0.658. The van der Waals surface area contributed by atoms with Crippen molar-refractivity contribution in [1.82, 2.24) is 19.9 Å². The normalized spacial score (nSPS) is 14.6. The summed E-state index contributed by atoms with van der Waals surface area (Å²) in [5, 5.41) is 0. The molecule has 21 heavy (non-hydrogen) atoms. The zero-order valence-electron chi connectivity index (χ0n) is 11.8. The zero-order valence-corrected chi connectivity index (χ0v) is 11.8. The number of nitrogens with one attached hydrogen (secondary N) is 2. The molecule has 0 saturated heterocycles. The minimum atomic E-state index is -0.0827. The highest BCUT2D eigenvalue weighted by Crippen LogP contribution is 2.11. The predicted molar refractivity (Wildman–Crippen MR) is 78.0 cm³/mol. The second kappa shape index (κ2) is 5.95. The Morgan fingerprint density at radius 1 is 1.29 bits per heavy atom. The summed E-state index contributed by atoms with van der Waals surface area (Å²) in [5.41, 5.74) is 2.52. The van der Waals surface area contributed by atoms with Crippen molar-refractivity contribution in [2.45, 2.75) is 25.7 Å². The van der Waals surface area contributed by atoms with Crippen LogP contribution in [0.25, 0.3) is 0 Å². The lowest BCUT2D eigenvalue weighted by Crippen LogP contribution is -2.33. The van der Waals surface area contributed by atoms with Crippen molar-refractivity contribution in [2.75, 3.05) is 13.1 Å². The number of fused-ring (bicyclic) bond motifs is 1. The van der Waals surface area contributed by atoms with Crippen LogP contribution in [0.1, 0.15) is 23.4 Å².